The molecule has 0 aliphatic heterocycles. The molecule has 1 unspecified atom stereocenters. The van der Waals surface area contributed by atoms with Gasteiger partial charge in [-0.25, -0.2) is 0 Å². The smallest absolute Gasteiger partial charge is 0.0323 e. The van der Waals surface area contributed by atoms with Crippen LogP contribution in [0.15, 0.2) is 18.2 Å². The second-order valence-electron chi connectivity index (χ2n) is 4.45. The van der Waals surface area contributed by atoms with Crippen molar-refractivity contribution in [3.8, 4) is 0 Å². The van der Waals surface area contributed by atoms with Crippen molar-refractivity contribution in [1.82, 2.24) is 5.32 Å². The molecule has 1 heteroatoms. The highest BCUT2D eigenvalue weighted by Gasteiger charge is 2.23. The number of rotatable bonds is 2. The molecule has 1 nitrogen and oxygen atoms in total. The molecule has 14 heavy (non-hydrogen) atoms. The molecule has 1 aromatic carbocycles. The van der Waals surface area contributed by atoms with Gasteiger partial charge in [-0.3, -0.25) is 0 Å². The van der Waals surface area contributed by atoms with Gasteiger partial charge in [-0.15, -0.1) is 0 Å². The summed E-state index contributed by atoms with van der Waals surface area (Å²) < 4.78 is 0. The first-order chi connectivity index (χ1) is 6.74. The van der Waals surface area contributed by atoms with E-state index in [1.807, 2.05) is 0 Å². The van der Waals surface area contributed by atoms with Crippen molar-refractivity contribution >= 4 is 0 Å². The van der Waals surface area contributed by atoms with Crippen LogP contribution in [0.4, 0.5) is 0 Å². The molecule has 0 bridgehead atoms. The summed E-state index contributed by atoms with van der Waals surface area (Å²) in [6.45, 7) is 4.56. The van der Waals surface area contributed by atoms with Crippen LogP contribution in [0.3, 0.4) is 0 Å². The molecular formula is C13H19N. The fraction of sp³-hybridized carbons (Fsp3) is 0.538. The summed E-state index contributed by atoms with van der Waals surface area (Å²) in [5.41, 5.74) is 4.67. The van der Waals surface area contributed by atoms with Gasteiger partial charge < -0.3 is 5.32 Å². The van der Waals surface area contributed by atoms with E-state index in [4.69, 9.17) is 0 Å². The molecule has 1 aliphatic rings. The van der Waals surface area contributed by atoms with Gasteiger partial charge in [0.05, 0.1) is 0 Å². The standard InChI is InChI=1S/C13H19N/c1-9(2)10-5-4-6-12-11(10)7-8-13(12)14-3/h4-6,9,13-14H,7-8H2,1-3H3. The van der Waals surface area contributed by atoms with E-state index in [2.05, 4.69) is 44.4 Å². The Balaban J connectivity index is 2.44. The van der Waals surface area contributed by atoms with Crippen LogP contribution in [0.25, 0.3) is 0 Å². The van der Waals surface area contributed by atoms with Crippen LogP contribution < -0.4 is 5.32 Å². The molecule has 1 aliphatic carbocycles. The maximum Gasteiger partial charge on any atom is 0.0323 e. The Kier molecular flexibility index (Phi) is 2.60. The van der Waals surface area contributed by atoms with E-state index < -0.39 is 0 Å². The number of hydrogen-bond donors (Lipinski definition) is 1. The third-order valence-electron chi connectivity index (χ3n) is 3.28. The molecule has 0 aromatic heterocycles. The fourth-order valence-electron chi connectivity index (χ4n) is 2.52. The summed E-state index contributed by atoms with van der Waals surface area (Å²) >= 11 is 0. The lowest BCUT2D eigenvalue weighted by Crippen LogP contribution is -2.12. The van der Waals surface area contributed by atoms with E-state index in [1.54, 1.807) is 11.1 Å². The van der Waals surface area contributed by atoms with E-state index in [9.17, 15) is 0 Å². The summed E-state index contributed by atoms with van der Waals surface area (Å²) in [7, 11) is 2.06. The Morgan fingerprint density at radius 2 is 2.14 bits per heavy atom. The topological polar surface area (TPSA) is 12.0 Å². The van der Waals surface area contributed by atoms with Crippen LogP contribution in [0.5, 0.6) is 0 Å². The summed E-state index contributed by atoms with van der Waals surface area (Å²) in [5, 5.41) is 3.39. The Bertz CT molecular complexity index is 328. The monoisotopic (exact) mass is 189 g/mol. The van der Waals surface area contributed by atoms with E-state index in [1.165, 1.54) is 18.4 Å². The fourth-order valence-corrected chi connectivity index (χ4v) is 2.52. The number of hydrogen-bond acceptors (Lipinski definition) is 1. The molecule has 76 valence electrons. The van der Waals surface area contributed by atoms with Crippen LogP contribution in [0, 0.1) is 0 Å². The van der Waals surface area contributed by atoms with Crippen molar-refractivity contribution in [1.29, 1.82) is 0 Å². The van der Waals surface area contributed by atoms with Crippen molar-refractivity contribution < 1.29 is 0 Å². The molecule has 0 amide bonds. The average Bonchev–Trinajstić information content (AvgIpc) is 2.59. The van der Waals surface area contributed by atoms with Gasteiger partial charge >= 0.3 is 0 Å². The van der Waals surface area contributed by atoms with Crippen molar-refractivity contribution in [2.75, 3.05) is 7.05 Å². The first-order valence-electron chi connectivity index (χ1n) is 5.53. The third-order valence-corrected chi connectivity index (χ3v) is 3.28. The van der Waals surface area contributed by atoms with Crippen molar-refractivity contribution in [2.24, 2.45) is 0 Å². The molecule has 2 rings (SSSR count). The lowest BCUT2D eigenvalue weighted by Gasteiger charge is -2.13. The van der Waals surface area contributed by atoms with Gasteiger partial charge in [0.1, 0.15) is 0 Å². The predicted molar refractivity (Wildman–Crippen MR) is 60.7 cm³/mol. The molecule has 0 spiro atoms. The molecule has 0 fully saturated rings. The van der Waals surface area contributed by atoms with Crippen LogP contribution in [-0.4, -0.2) is 7.05 Å². The largest absolute Gasteiger partial charge is 0.313 e. The van der Waals surface area contributed by atoms with Gasteiger partial charge in [0, 0.05) is 6.04 Å². The van der Waals surface area contributed by atoms with Gasteiger partial charge in [0.25, 0.3) is 0 Å². The average molecular weight is 189 g/mol. The summed E-state index contributed by atoms with van der Waals surface area (Å²) in [6, 6.07) is 7.34. The highest BCUT2D eigenvalue weighted by molar-refractivity contribution is 5.42. The first-order valence-corrected chi connectivity index (χ1v) is 5.53. The molecule has 1 aromatic rings. The summed E-state index contributed by atoms with van der Waals surface area (Å²) in [5.74, 6) is 0.653. The quantitative estimate of drug-likeness (QED) is 0.754. The Morgan fingerprint density at radius 1 is 1.36 bits per heavy atom. The summed E-state index contributed by atoms with van der Waals surface area (Å²) in [6.07, 6.45) is 2.50. The maximum atomic E-state index is 3.39. The minimum Gasteiger partial charge on any atom is -0.313 e. The predicted octanol–water partition coefficient (Wildman–Crippen LogP) is 3.02. The zero-order valence-electron chi connectivity index (χ0n) is 9.30. The van der Waals surface area contributed by atoms with Crippen molar-refractivity contribution in [2.45, 2.75) is 38.6 Å². The van der Waals surface area contributed by atoms with Gasteiger partial charge in [-0.2, -0.15) is 0 Å². The van der Waals surface area contributed by atoms with Crippen LogP contribution in [-0.2, 0) is 6.42 Å². The highest BCUT2D eigenvalue weighted by atomic mass is 14.9. The van der Waals surface area contributed by atoms with E-state index in [-0.39, 0.29) is 0 Å². The van der Waals surface area contributed by atoms with Crippen molar-refractivity contribution in [3.63, 3.8) is 0 Å². The Morgan fingerprint density at radius 3 is 2.79 bits per heavy atom. The number of benzene rings is 1. The first kappa shape index (κ1) is 9.72. The zero-order chi connectivity index (χ0) is 10.1. The van der Waals surface area contributed by atoms with E-state index >= 15 is 0 Å². The highest BCUT2D eigenvalue weighted by Crippen LogP contribution is 2.35. The zero-order valence-corrected chi connectivity index (χ0v) is 9.30. The Hall–Kier alpha value is -0.820. The molecule has 0 radical (unpaired) electrons. The third kappa shape index (κ3) is 1.46. The number of nitrogens with one attached hydrogen (secondary N) is 1. The minimum absolute atomic E-state index is 0.587. The minimum atomic E-state index is 0.587. The number of fused-ring (bicyclic) bond motifs is 1. The molecule has 1 atom stereocenters. The van der Waals surface area contributed by atoms with E-state index in [0.29, 0.717) is 12.0 Å². The second-order valence-corrected chi connectivity index (χ2v) is 4.45. The van der Waals surface area contributed by atoms with Crippen molar-refractivity contribution in [3.05, 3.63) is 34.9 Å². The normalized spacial score (nSPS) is 20.1. The van der Waals surface area contributed by atoms with E-state index in [0.717, 1.165) is 0 Å². The molecule has 0 saturated carbocycles. The van der Waals surface area contributed by atoms with Gasteiger partial charge in [-0.1, -0.05) is 32.0 Å². The van der Waals surface area contributed by atoms with Gasteiger partial charge in [-0.05, 0) is 42.5 Å². The van der Waals surface area contributed by atoms with Gasteiger partial charge in [0.15, 0.2) is 0 Å². The lowest BCUT2D eigenvalue weighted by molar-refractivity contribution is 0.590. The van der Waals surface area contributed by atoms with Gasteiger partial charge in [0.2, 0.25) is 0 Å². The lowest BCUT2D eigenvalue weighted by atomic mass is 9.94. The molecule has 1 N–H and O–H groups in total. The second kappa shape index (κ2) is 3.74. The van der Waals surface area contributed by atoms with Crippen LogP contribution in [0.1, 0.15) is 48.9 Å². The molecular weight excluding hydrogens is 170 g/mol. The molecule has 0 heterocycles. The maximum absolute atomic E-state index is 3.39. The molecule has 0 saturated heterocycles. The Labute approximate surface area is 86.5 Å². The summed E-state index contributed by atoms with van der Waals surface area (Å²) in [4.78, 5) is 0. The van der Waals surface area contributed by atoms with Crippen LogP contribution in [0.2, 0.25) is 0 Å². The van der Waals surface area contributed by atoms with Crippen LogP contribution >= 0.6 is 0 Å². The SMILES string of the molecule is CNC1CCc2c(C(C)C)cccc21.